The van der Waals surface area contributed by atoms with Crippen LogP contribution in [-0.2, 0) is 0 Å². The van der Waals surface area contributed by atoms with E-state index in [1.54, 1.807) is 19.2 Å². The molecule has 0 atom stereocenters. The van der Waals surface area contributed by atoms with Crippen molar-refractivity contribution in [2.75, 3.05) is 18.2 Å². The number of methoxy groups -OCH3 is 1. The lowest BCUT2D eigenvalue weighted by atomic mass is 10.2. The van der Waals surface area contributed by atoms with Crippen molar-refractivity contribution < 1.29 is 4.74 Å². The largest absolute Gasteiger partial charge is 0.481 e. The Balaban J connectivity index is 2.33. The van der Waals surface area contributed by atoms with Crippen LogP contribution in [0.5, 0.6) is 5.88 Å². The molecule has 5 heteroatoms. The molecule has 0 spiro atoms. The molecule has 1 aromatic heterocycles. The third-order valence-corrected chi connectivity index (χ3v) is 3.14. The van der Waals surface area contributed by atoms with Crippen LogP contribution < -0.4 is 15.8 Å². The molecule has 0 unspecified atom stereocenters. The lowest BCUT2D eigenvalue weighted by molar-refractivity contribution is 0.398. The van der Waals surface area contributed by atoms with Crippen LogP contribution in [0.15, 0.2) is 34.8 Å². The summed E-state index contributed by atoms with van der Waals surface area (Å²) in [6.45, 7) is 2.03. The summed E-state index contributed by atoms with van der Waals surface area (Å²) >= 11 is 3.50. The van der Waals surface area contributed by atoms with E-state index in [2.05, 4.69) is 26.2 Å². The number of hydrogen-bond acceptors (Lipinski definition) is 4. The number of nitrogens with zero attached hydrogens (tertiary/aromatic N) is 1. The first-order valence-electron chi connectivity index (χ1n) is 5.44. The van der Waals surface area contributed by atoms with Crippen molar-refractivity contribution in [3.05, 3.63) is 40.4 Å². The van der Waals surface area contributed by atoms with Crippen LogP contribution in [0.1, 0.15) is 5.56 Å². The summed E-state index contributed by atoms with van der Waals surface area (Å²) < 4.78 is 6.04. The second-order valence-electron chi connectivity index (χ2n) is 3.90. The Morgan fingerprint density at radius 1 is 1.28 bits per heavy atom. The molecule has 18 heavy (non-hydrogen) atoms. The van der Waals surface area contributed by atoms with Crippen LogP contribution in [0.2, 0.25) is 0 Å². The first-order valence-corrected chi connectivity index (χ1v) is 6.23. The fourth-order valence-corrected chi connectivity index (χ4v) is 2.11. The number of ether oxygens (including phenoxy) is 1. The number of nitrogens with two attached hydrogens (primary N) is 1. The zero-order valence-corrected chi connectivity index (χ0v) is 11.8. The summed E-state index contributed by atoms with van der Waals surface area (Å²) in [5, 5.41) is 3.18. The SMILES string of the molecule is COc1ccc(N)c(Nc2ccc(C)cc2Br)n1. The predicted molar refractivity (Wildman–Crippen MR) is 77.4 cm³/mol. The molecule has 0 aliphatic carbocycles. The molecule has 0 saturated carbocycles. The molecule has 2 rings (SSSR count). The lowest BCUT2D eigenvalue weighted by Gasteiger charge is -2.11. The Hall–Kier alpha value is -1.75. The number of anilines is 3. The zero-order valence-electron chi connectivity index (χ0n) is 10.2. The van der Waals surface area contributed by atoms with Gasteiger partial charge in [-0.05, 0) is 46.6 Å². The van der Waals surface area contributed by atoms with E-state index >= 15 is 0 Å². The van der Waals surface area contributed by atoms with Gasteiger partial charge in [-0.25, -0.2) is 0 Å². The van der Waals surface area contributed by atoms with E-state index in [1.807, 2.05) is 25.1 Å². The minimum Gasteiger partial charge on any atom is -0.481 e. The van der Waals surface area contributed by atoms with Crippen molar-refractivity contribution in [2.24, 2.45) is 0 Å². The quantitative estimate of drug-likeness (QED) is 0.911. The number of hydrogen-bond donors (Lipinski definition) is 2. The molecule has 0 radical (unpaired) electrons. The highest BCUT2D eigenvalue weighted by Gasteiger charge is 2.06. The molecular formula is C13H14BrN3O. The molecule has 0 fully saturated rings. The van der Waals surface area contributed by atoms with E-state index in [0.29, 0.717) is 17.4 Å². The monoisotopic (exact) mass is 307 g/mol. The van der Waals surface area contributed by atoms with Gasteiger partial charge in [-0.2, -0.15) is 4.98 Å². The van der Waals surface area contributed by atoms with E-state index in [4.69, 9.17) is 10.5 Å². The first-order chi connectivity index (χ1) is 8.60. The number of halogens is 1. The molecule has 4 nitrogen and oxygen atoms in total. The maximum absolute atomic E-state index is 5.88. The molecule has 1 aromatic carbocycles. The smallest absolute Gasteiger partial charge is 0.215 e. The van der Waals surface area contributed by atoms with Crippen LogP contribution in [-0.4, -0.2) is 12.1 Å². The summed E-state index contributed by atoms with van der Waals surface area (Å²) in [4.78, 5) is 4.27. The molecule has 0 bridgehead atoms. The fourth-order valence-electron chi connectivity index (χ4n) is 1.51. The van der Waals surface area contributed by atoms with Gasteiger partial charge < -0.3 is 15.8 Å². The Morgan fingerprint density at radius 3 is 2.72 bits per heavy atom. The summed E-state index contributed by atoms with van der Waals surface area (Å²) in [6, 6.07) is 9.50. The van der Waals surface area contributed by atoms with Gasteiger partial charge in [0.2, 0.25) is 5.88 Å². The van der Waals surface area contributed by atoms with Gasteiger partial charge in [-0.1, -0.05) is 6.07 Å². The highest BCUT2D eigenvalue weighted by atomic mass is 79.9. The van der Waals surface area contributed by atoms with E-state index in [-0.39, 0.29) is 0 Å². The number of aromatic nitrogens is 1. The minimum absolute atomic E-state index is 0.523. The van der Waals surface area contributed by atoms with Crippen molar-refractivity contribution in [1.29, 1.82) is 0 Å². The van der Waals surface area contributed by atoms with E-state index < -0.39 is 0 Å². The van der Waals surface area contributed by atoms with Crippen molar-refractivity contribution in [3.63, 3.8) is 0 Å². The normalized spacial score (nSPS) is 10.2. The lowest BCUT2D eigenvalue weighted by Crippen LogP contribution is -2.01. The molecule has 0 aliphatic heterocycles. The molecule has 0 aliphatic rings. The van der Waals surface area contributed by atoms with Gasteiger partial charge in [0.05, 0.1) is 18.5 Å². The molecule has 1 heterocycles. The predicted octanol–water partition coefficient (Wildman–Crippen LogP) is 3.49. The minimum atomic E-state index is 0.523. The molecule has 0 amide bonds. The van der Waals surface area contributed by atoms with Crippen LogP contribution in [0.25, 0.3) is 0 Å². The molecular weight excluding hydrogens is 294 g/mol. The van der Waals surface area contributed by atoms with Crippen LogP contribution in [0.4, 0.5) is 17.2 Å². The van der Waals surface area contributed by atoms with Crippen molar-refractivity contribution in [1.82, 2.24) is 4.98 Å². The second-order valence-corrected chi connectivity index (χ2v) is 4.75. The molecule has 0 saturated heterocycles. The summed E-state index contributed by atoms with van der Waals surface area (Å²) in [6.07, 6.45) is 0. The number of nitrogen functional groups attached to an aromatic ring is 1. The van der Waals surface area contributed by atoms with Gasteiger partial charge in [-0.15, -0.1) is 0 Å². The Bertz CT molecular complexity index is 572. The van der Waals surface area contributed by atoms with Crippen LogP contribution in [0.3, 0.4) is 0 Å². The summed E-state index contributed by atoms with van der Waals surface area (Å²) in [7, 11) is 1.57. The fraction of sp³-hybridized carbons (Fsp3) is 0.154. The number of pyridine rings is 1. The number of nitrogens with one attached hydrogen (secondary N) is 1. The number of rotatable bonds is 3. The van der Waals surface area contributed by atoms with E-state index in [0.717, 1.165) is 10.2 Å². The molecule has 2 aromatic rings. The van der Waals surface area contributed by atoms with E-state index in [9.17, 15) is 0 Å². The van der Waals surface area contributed by atoms with Crippen LogP contribution in [0, 0.1) is 6.92 Å². The number of aryl methyl sites for hydroxylation is 1. The average molecular weight is 308 g/mol. The average Bonchev–Trinajstić information content (AvgIpc) is 2.35. The number of benzene rings is 1. The first kappa shape index (κ1) is 12.7. The van der Waals surface area contributed by atoms with Gasteiger partial charge in [-0.3, -0.25) is 0 Å². The second kappa shape index (κ2) is 5.27. The van der Waals surface area contributed by atoms with Gasteiger partial charge >= 0.3 is 0 Å². The third-order valence-electron chi connectivity index (χ3n) is 2.49. The summed E-state index contributed by atoms with van der Waals surface area (Å²) in [5.74, 6) is 1.11. The Labute approximate surface area is 114 Å². The van der Waals surface area contributed by atoms with Gasteiger partial charge in [0.25, 0.3) is 0 Å². The van der Waals surface area contributed by atoms with Gasteiger partial charge in [0.15, 0.2) is 5.82 Å². The molecule has 94 valence electrons. The van der Waals surface area contributed by atoms with E-state index in [1.165, 1.54) is 5.56 Å². The summed E-state index contributed by atoms with van der Waals surface area (Å²) in [5.41, 5.74) is 8.54. The maximum Gasteiger partial charge on any atom is 0.215 e. The zero-order chi connectivity index (χ0) is 13.1. The standard InChI is InChI=1S/C13H14BrN3O/c1-8-3-5-11(9(14)7-8)16-13-10(15)4-6-12(17-13)18-2/h3-7H,15H2,1-2H3,(H,16,17). The maximum atomic E-state index is 5.88. The topological polar surface area (TPSA) is 60.2 Å². The molecule has 3 N–H and O–H groups in total. The highest BCUT2D eigenvalue weighted by Crippen LogP contribution is 2.29. The Kier molecular flexibility index (Phi) is 3.72. The van der Waals surface area contributed by atoms with Crippen molar-refractivity contribution in [2.45, 2.75) is 6.92 Å². The van der Waals surface area contributed by atoms with Gasteiger partial charge in [0, 0.05) is 10.5 Å². The third kappa shape index (κ3) is 2.73. The van der Waals surface area contributed by atoms with Crippen molar-refractivity contribution in [3.8, 4) is 5.88 Å². The van der Waals surface area contributed by atoms with Crippen LogP contribution >= 0.6 is 15.9 Å². The Morgan fingerprint density at radius 2 is 2.06 bits per heavy atom. The van der Waals surface area contributed by atoms with Crippen molar-refractivity contribution >= 4 is 33.1 Å². The van der Waals surface area contributed by atoms with Gasteiger partial charge in [0.1, 0.15) is 0 Å². The highest BCUT2D eigenvalue weighted by molar-refractivity contribution is 9.10.